The maximum absolute atomic E-state index is 12.2. The lowest BCUT2D eigenvalue weighted by atomic mass is 10.2. The molecule has 0 spiro atoms. The maximum atomic E-state index is 12.2. The van der Waals surface area contributed by atoms with Crippen molar-refractivity contribution in [1.82, 2.24) is 9.78 Å². The lowest BCUT2D eigenvalue weighted by Crippen LogP contribution is -2.28. The fourth-order valence-electron chi connectivity index (χ4n) is 1.86. The van der Waals surface area contributed by atoms with E-state index in [0.717, 1.165) is 14.2 Å². The zero-order valence-electron chi connectivity index (χ0n) is 12.7. The van der Waals surface area contributed by atoms with Gasteiger partial charge in [0.05, 0.1) is 27.0 Å². The lowest BCUT2D eigenvalue weighted by Gasteiger charge is -2.10. The highest BCUT2D eigenvalue weighted by molar-refractivity contribution is 5.93. The third-order valence-corrected chi connectivity index (χ3v) is 3.02. The molecule has 1 aromatic heterocycles. The van der Waals surface area contributed by atoms with Gasteiger partial charge in [-0.15, -0.1) is 0 Å². The summed E-state index contributed by atoms with van der Waals surface area (Å²) in [5.74, 6) is -1.28. The van der Waals surface area contributed by atoms with Crippen LogP contribution in [0.25, 0.3) is 5.69 Å². The summed E-state index contributed by atoms with van der Waals surface area (Å²) in [6.07, 6.45) is 1.19. The Bertz CT molecular complexity index is 772. The Kier molecular flexibility index (Phi) is 4.75. The Morgan fingerprint density at radius 1 is 1.09 bits per heavy atom. The van der Waals surface area contributed by atoms with Crippen LogP contribution in [-0.2, 0) is 9.47 Å². The van der Waals surface area contributed by atoms with E-state index in [1.54, 1.807) is 24.3 Å². The normalized spacial score (nSPS) is 10.0. The van der Waals surface area contributed by atoms with Crippen LogP contribution in [-0.4, -0.2) is 43.0 Å². The van der Waals surface area contributed by atoms with E-state index in [1.165, 1.54) is 18.0 Å². The molecule has 0 saturated heterocycles. The number of methoxy groups -OCH3 is 3. The van der Waals surface area contributed by atoms with E-state index in [-0.39, 0.29) is 5.56 Å². The number of rotatable bonds is 4. The van der Waals surface area contributed by atoms with Crippen LogP contribution in [0.4, 0.5) is 0 Å². The van der Waals surface area contributed by atoms with Crippen molar-refractivity contribution in [1.29, 1.82) is 0 Å². The molecular formula is C15H14N2O6. The molecule has 23 heavy (non-hydrogen) atoms. The number of carbonyl (C=O) groups is 2. The minimum absolute atomic E-state index is 0.328. The molecule has 0 radical (unpaired) electrons. The number of aromatic nitrogens is 2. The van der Waals surface area contributed by atoms with Crippen LogP contribution in [0.5, 0.6) is 5.75 Å². The van der Waals surface area contributed by atoms with Gasteiger partial charge in [-0.05, 0) is 12.1 Å². The molecule has 0 fully saturated rings. The quantitative estimate of drug-likeness (QED) is 0.770. The molecule has 8 heteroatoms. The smallest absolute Gasteiger partial charge is 0.362 e. The van der Waals surface area contributed by atoms with Gasteiger partial charge in [0.15, 0.2) is 0 Å². The summed E-state index contributed by atoms with van der Waals surface area (Å²) in [4.78, 5) is 35.7. The minimum Gasteiger partial charge on any atom is -0.497 e. The molecule has 0 atom stereocenters. The molecule has 0 N–H and O–H groups in total. The molecule has 0 bridgehead atoms. The highest BCUT2D eigenvalue weighted by Gasteiger charge is 2.22. The second-order valence-electron chi connectivity index (χ2n) is 4.35. The van der Waals surface area contributed by atoms with Gasteiger partial charge in [0.25, 0.3) is 0 Å². The molecule has 0 amide bonds. The number of ether oxygens (including phenoxy) is 3. The molecule has 1 heterocycles. The first-order valence-corrected chi connectivity index (χ1v) is 6.46. The van der Waals surface area contributed by atoms with Crippen LogP contribution in [0.1, 0.15) is 20.8 Å². The second kappa shape index (κ2) is 6.73. The second-order valence-corrected chi connectivity index (χ2v) is 4.35. The summed E-state index contributed by atoms with van der Waals surface area (Å²) in [5.41, 5.74) is -1.22. The monoisotopic (exact) mass is 318 g/mol. The minimum atomic E-state index is -0.947. The number of benzene rings is 1. The largest absolute Gasteiger partial charge is 0.497 e. The van der Waals surface area contributed by atoms with Gasteiger partial charge < -0.3 is 14.2 Å². The molecule has 8 nitrogen and oxygen atoms in total. The highest BCUT2D eigenvalue weighted by atomic mass is 16.5. The molecule has 120 valence electrons. The Hall–Kier alpha value is -3.16. The zero-order valence-corrected chi connectivity index (χ0v) is 12.7. The predicted molar refractivity (Wildman–Crippen MR) is 79.1 cm³/mol. The number of nitrogens with zero attached hydrogens (tertiary/aromatic N) is 2. The van der Waals surface area contributed by atoms with Crippen LogP contribution in [0.2, 0.25) is 0 Å². The molecule has 0 aliphatic carbocycles. The first kappa shape index (κ1) is 16.2. The van der Waals surface area contributed by atoms with Gasteiger partial charge in [-0.2, -0.15) is 5.10 Å². The standard InChI is InChI=1S/C15H14N2O6/c1-21-10-6-4-5-9(7-10)17-8-11(14(19)22-2)13(18)12(16-17)15(20)23-3/h4-8H,1-3H3. The Morgan fingerprint density at radius 3 is 2.39 bits per heavy atom. The van der Waals surface area contributed by atoms with Gasteiger partial charge >= 0.3 is 11.9 Å². The van der Waals surface area contributed by atoms with Crippen molar-refractivity contribution in [3.05, 3.63) is 51.9 Å². The maximum Gasteiger partial charge on any atom is 0.362 e. The number of carbonyl (C=O) groups excluding carboxylic acids is 2. The summed E-state index contributed by atoms with van der Waals surface area (Å²) < 4.78 is 15.4. The summed E-state index contributed by atoms with van der Waals surface area (Å²) in [6, 6.07) is 6.71. The van der Waals surface area contributed by atoms with Crippen LogP contribution >= 0.6 is 0 Å². The predicted octanol–water partition coefficient (Wildman–Crippen LogP) is 0.814. The number of esters is 2. The molecule has 0 aliphatic rings. The van der Waals surface area contributed by atoms with Crippen LogP contribution in [0.15, 0.2) is 35.3 Å². The van der Waals surface area contributed by atoms with Gasteiger partial charge in [-0.1, -0.05) is 6.07 Å². The molecule has 0 unspecified atom stereocenters. The molecular weight excluding hydrogens is 304 g/mol. The van der Waals surface area contributed by atoms with E-state index in [4.69, 9.17) is 4.74 Å². The Balaban J connectivity index is 2.70. The van der Waals surface area contributed by atoms with E-state index in [2.05, 4.69) is 14.6 Å². The summed E-state index contributed by atoms with van der Waals surface area (Å²) in [6.45, 7) is 0. The third-order valence-electron chi connectivity index (χ3n) is 3.02. The van der Waals surface area contributed by atoms with Crippen molar-refractivity contribution < 1.29 is 23.8 Å². The summed E-state index contributed by atoms with van der Waals surface area (Å²) >= 11 is 0. The lowest BCUT2D eigenvalue weighted by molar-refractivity contribution is 0.0587. The van der Waals surface area contributed by atoms with Crippen molar-refractivity contribution in [3.63, 3.8) is 0 Å². The van der Waals surface area contributed by atoms with Crippen LogP contribution in [0.3, 0.4) is 0 Å². The van der Waals surface area contributed by atoms with Gasteiger partial charge in [-0.25, -0.2) is 14.3 Å². The molecule has 2 aromatic rings. The molecule has 1 aromatic carbocycles. The van der Waals surface area contributed by atoms with Crippen molar-refractivity contribution >= 4 is 11.9 Å². The van der Waals surface area contributed by atoms with Gasteiger partial charge in [0, 0.05) is 12.3 Å². The van der Waals surface area contributed by atoms with E-state index >= 15 is 0 Å². The van der Waals surface area contributed by atoms with Crippen molar-refractivity contribution in [2.75, 3.05) is 21.3 Å². The van der Waals surface area contributed by atoms with E-state index in [1.807, 2.05) is 0 Å². The first-order chi connectivity index (χ1) is 11.0. The topological polar surface area (TPSA) is 96.7 Å². The zero-order chi connectivity index (χ0) is 17.0. The average molecular weight is 318 g/mol. The molecule has 2 rings (SSSR count). The number of hydrogen-bond acceptors (Lipinski definition) is 7. The fourth-order valence-corrected chi connectivity index (χ4v) is 1.86. The SMILES string of the molecule is COC(=O)c1cn(-c2cccc(OC)c2)nc(C(=O)OC)c1=O. The van der Waals surface area contributed by atoms with Gasteiger partial charge in [0.2, 0.25) is 11.1 Å². The highest BCUT2D eigenvalue weighted by Crippen LogP contribution is 2.16. The summed E-state index contributed by atoms with van der Waals surface area (Å²) in [7, 11) is 3.75. The Morgan fingerprint density at radius 2 is 1.78 bits per heavy atom. The van der Waals surface area contributed by atoms with Crippen molar-refractivity contribution in [2.24, 2.45) is 0 Å². The third kappa shape index (κ3) is 3.20. The average Bonchev–Trinajstić information content (AvgIpc) is 2.60. The van der Waals surface area contributed by atoms with E-state index in [9.17, 15) is 14.4 Å². The van der Waals surface area contributed by atoms with Gasteiger partial charge in [0.1, 0.15) is 11.3 Å². The van der Waals surface area contributed by atoms with Crippen molar-refractivity contribution in [3.8, 4) is 11.4 Å². The van der Waals surface area contributed by atoms with Crippen LogP contribution < -0.4 is 10.2 Å². The fraction of sp³-hybridized carbons (Fsp3) is 0.200. The Labute approximate surface area is 131 Å². The van der Waals surface area contributed by atoms with E-state index in [0.29, 0.717) is 11.4 Å². The molecule has 0 saturated carbocycles. The first-order valence-electron chi connectivity index (χ1n) is 6.46. The van der Waals surface area contributed by atoms with Crippen molar-refractivity contribution in [2.45, 2.75) is 0 Å². The van der Waals surface area contributed by atoms with Gasteiger partial charge in [-0.3, -0.25) is 4.79 Å². The van der Waals surface area contributed by atoms with E-state index < -0.39 is 23.1 Å². The number of hydrogen-bond donors (Lipinski definition) is 0. The summed E-state index contributed by atoms with van der Waals surface area (Å²) in [5, 5.41) is 3.93. The molecule has 0 aliphatic heterocycles. The van der Waals surface area contributed by atoms with Crippen LogP contribution in [0, 0.1) is 0 Å².